The average molecular weight is 751 g/mol. The van der Waals surface area contributed by atoms with E-state index in [1.54, 1.807) is 24.4 Å². The molecule has 0 atom stereocenters. The van der Waals surface area contributed by atoms with Crippen LogP contribution in [-0.4, -0.2) is 51.8 Å². The van der Waals surface area contributed by atoms with Crippen molar-refractivity contribution in [2.45, 2.75) is 38.1 Å². The third-order valence-corrected chi connectivity index (χ3v) is 9.73. The van der Waals surface area contributed by atoms with E-state index in [0.717, 1.165) is 53.8 Å². The molecule has 0 bridgehead atoms. The van der Waals surface area contributed by atoms with Gasteiger partial charge in [0.15, 0.2) is 5.60 Å². The van der Waals surface area contributed by atoms with Gasteiger partial charge in [0.25, 0.3) is 0 Å². The van der Waals surface area contributed by atoms with E-state index in [9.17, 15) is 15.0 Å². The van der Waals surface area contributed by atoms with Gasteiger partial charge >= 0.3 is 0 Å². The van der Waals surface area contributed by atoms with E-state index < -0.39 is 5.60 Å². The fourth-order valence-electron chi connectivity index (χ4n) is 6.73. The minimum Gasteiger partial charge on any atom is -0.508 e. The molecule has 0 radical (unpaired) electrons. The zero-order valence-corrected chi connectivity index (χ0v) is 31.4. The van der Waals surface area contributed by atoms with Gasteiger partial charge in [-0.2, -0.15) is 0 Å². The lowest BCUT2D eigenvalue weighted by Gasteiger charge is -2.26. The fraction of sp³-hybridized carbons (Fsp3) is 0.217. The quantitative estimate of drug-likeness (QED) is 0.0667. The van der Waals surface area contributed by atoms with E-state index in [2.05, 4.69) is 32.3 Å². The monoisotopic (exact) mass is 750 g/mol. The highest BCUT2D eigenvalue weighted by Gasteiger charge is 2.38. The Bertz CT molecular complexity index is 2320. The van der Waals surface area contributed by atoms with Gasteiger partial charge in [-0.05, 0) is 90.6 Å². The molecule has 286 valence electrons. The number of fused-ring (bicyclic) bond motifs is 1. The maximum absolute atomic E-state index is 12.2. The van der Waals surface area contributed by atoms with Crippen LogP contribution >= 0.6 is 0 Å². The van der Waals surface area contributed by atoms with Crippen molar-refractivity contribution in [2.24, 2.45) is 0 Å². The number of nitrogens with zero attached hydrogens (tertiary/aromatic N) is 2. The summed E-state index contributed by atoms with van der Waals surface area (Å²) in [5.41, 5.74) is 3.56. The summed E-state index contributed by atoms with van der Waals surface area (Å²) in [5.74, 6) is 2.55. The molecule has 10 nitrogen and oxygen atoms in total. The number of nitrogens with one attached hydrogen (secondary N) is 2. The Hall–Kier alpha value is -6.20. The summed E-state index contributed by atoms with van der Waals surface area (Å²) in [7, 11) is 2.03. The zero-order chi connectivity index (χ0) is 38.7. The van der Waals surface area contributed by atoms with Crippen LogP contribution in [0.4, 0.5) is 0 Å². The molecule has 10 heteroatoms. The maximum Gasteiger partial charge on any atom is 0.248 e. The van der Waals surface area contributed by atoms with Crippen molar-refractivity contribution >= 4 is 10.9 Å². The third kappa shape index (κ3) is 9.35. The second-order valence-electron chi connectivity index (χ2n) is 13.9. The van der Waals surface area contributed by atoms with E-state index in [1.165, 1.54) is 0 Å². The first-order valence-electron chi connectivity index (χ1n) is 18.8. The van der Waals surface area contributed by atoms with Crippen molar-refractivity contribution in [1.29, 1.82) is 0 Å². The Morgan fingerprint density at radius 3 is 2.23 bits per heavy atom. The van der Waals surface area contributed by atoms with Gasteiger partial charge in [-0.3, -0.25) is 9.69 Å². The summed E-state index contributed by atoms with van der Waals surface area (Å²) in [6, 6.07) is 41.3. The number of aliphatic hydroxyl groups is 1. The molecule has 56 heavy (non-hydrogen) atoms. The normalized spacial score (nSPS) is 11.6. The molecule has 0 amide bonds. The predicted molar refractivity (Wildman–Crippen MR) is 217 cm³/mol. The number of aromatic hydroxyl groups is 1. The molecule has 0 aliphatic carbocycles. The van der Waals surface area contributed by atoms with Crippen LogP contribution in [0.1, 0.15) is 45.9 Å². The number of aromatic nitrogens is 2. The Morgan fingerprint density at radius 2 is 1.52 bits per heavy atom. The van der Waals surface area contributed by atoms with Gasteiger partial charge in [-0.25, -0.2) is 4.98 Å². The molecule has 5 aromatic carbocycles. The van der Waals surface area contributed by atoms with Gasteiger partial charge in [0.1, 0.15) is 29.6 Å². The van der Waals surface area contributed by atoms with Crippen molar-refractivity contribution in [3.05, 3.63) is 189 Å². The smallest absolute Gasteiger partial charge is 0.248 e. The molecule has 0 saturated heterocycles. The first-order chi connectivity index (χ1) is 27.3. The highest BCUT2D eigenvalue weighted by atomic mass is 16.5. The summed E-state index contributed by atoms with van der Waals surface area (Å²) < 4.78 is 18.2. The van der Waals surface area contributed by atoms with E-state index in [0.29, 0.717) is 54.5 Å². The van der Waals surface area contributed by atoms with Crippen LogP contribution in [0.3, 0.4) is 0 Å². The maximum atomic E-state index is 12.2. The Kier molecular flexibility index (Phi) is 12.2. The summed E-state index contributed by atoms with van der Waals surface area (Å²) in [6.45, 7) is 3.70. The number of pyridine rings is 1. The van der Waals surface area contributed by atoms with Crippen molar-refractivity contribution in [1.82, 2.24) is 20.2 Å². The first kappa shape index (κ1) is 38.1. The van der Waals surface area contributed by atoms with Gasteiger partial charge in [0.05, 0.1) is 24.9 Å². The molecule has 0 unspecified atom stereocenters. The van der Waals surface area contributed by atoms with Gasteiger partial charge in [0.2, 0.25) is 11.4 Å². The predicted octanol–water partition coefficient (Wildman–Crippen LogP) is 7.32. The van der Waals surface area contributed by atoms with Crippen LogP contribution in [0, 0.1) is 0 Å². The second-order valence-corrected chi connectivity index (χ2v) is 13.9. The lowest BCUT2D eigenvalue weighted by molar-refractivity contribution is 0.0899. The topological polar surface area (TPSA) is 133 Å². The number of rotatable bonds is 18. The van der Waals surface area contributed by atoms with Crippen LogP contribution in [0.2, 0.25) is 0 Å². The molecule has 0 saturated carbocycles. The molecule has 0 aliphatic heterocycles. The van der Waals surface area contributed by atoms with E-state index in [4.69, 9.17) is 13.9 Å². The van der Waals surface area contributed by atoms with E-state index in [1.807, 2.05) is 110 Å². The highest BCUT2D eigenvalue weighted by molar-refractivity contribution is 5.87. The first-order valence-corrected chi connectivity index (χ1v) is 18.8. The highest BCUT2D eigenvalue weighted by Crippen LogP contribution is 2.36. The number of phenols is 1. The minimum absolute atomic E-state index is 0.182. The molecule has 2 heterocycles. The summed E-state index contributed by atoms with van der Waals surface area (Å²) >= 11 is 0. The molecule has 7 rings (SSSR count). The van der Waals surface area contributed by atoms with Crippen LogP contribution in [0.15, 0.2) is 149 Å². The van der Waals surface area contributed by atoms with Crippen molar-refractivity contribution in [2.75, 3.05) is 26.7 Å². The van der Waals surface area contributed by atoms with Crippen LogP contribution in [-0.2, 0) is 31.7 Å². The minimum atomic E-state index is -1.50. The Balaban J connectivity index is 0.843. The number of phenolic OH excluding ortho intramolecular Hbond substituents is 1. The Labute approximate surface area is 326 Å². The molecule has 0 spiro atoms. The zero-order valence-electron chi connectivity index (χ0n) is 31.4. The van der Waals surface area contributed by atoms with Crippen molar-refractivity contribution in [3.8, 4) is 17.2 Å². The number of aromatic amines is 1. The number of H-pyrrole nitrogens is 1. The SMILES string of the molecule is CN(CCCOc1ccc(CNCCc2ccc(OCc3ccc(O)cc3)c3[nH]c(=O)ccc23)cc1)Cc1cnc(C(O)(c2ccccc2)c2ccccc2)o1. The van der Waals surface area contributed by atoms with Crippen molar-refractivity contribution in [3.63, 3.8) is 0 Å². The average Bonchev–Trinajstić information content (AvgIpc) is 3.70. The number of ether oxygens (including phenoxy) is 2. The number of hydrogen-bond acceptors (Lipinski definition) is 9. The molecule has 0 aliphatic rings. The largest absolute Gasteiger partial charge is 0.508 e. The third-order valence-electron chi connectivity index (χ3n) is 9.73. The van der Waals surface area contributed by atoms with Gasteiger partial charge in [0, 0.05) is 24.5 Å². The number of benzene rings is 5. The molecular formula is C46H46N4O6. The Morgan fingerprint density at radius 1 is 0.821 bits per heavy atom. The standard InChI is InChI=1S/C46H46N4O6/c1-50(31-40-30-48-45(56-40)46(53,36-9-4-2-5-10-36)37-11-6-3-7-12-37)27-8-28-54-39-20-15-33(16-21-39)29-47-26-25-35-17-23-42(44-41(35)22-24-43(52)49-44)55-32-34-13-18-38(51)19-14-34/h2-7,9-24,30,47,51,53H,8,25-29,31-32H2,1H3,(H,49,52). The van der Waals surface area contributed by atoms with E-state index in [-0.39, 0.29) is 17.2 Å². The van der Waals surface area contributed by atoms with Gasteiger partial charge in [-0.1, -0.05) is 91.0 Å². The summed E-state index contributed by atoms with van der Waals surface area (Å²) in [4.78, 5) is 21.8. The molecule has 0 fully saturated rings. The lowest BCUT2D eigenvalue weighted by atomic mass is 9.86. The van der Waals surface area contributed by atoms with Gasteiger partial charge < -0.3 is 34.4 Å². The molecule has 2 aromatic heterocycles. The lowest BCUT2D eigenvalue weighted by Crippen LogP contribution is -2.29. The molecule has 4 N–H and O–H groups in total. The fourth-order valence-corrected chi connectivity index (χ4v) is 6.73. The van der Waals surface area contributed by atoms with Crippen LogP contribution in [0.25, 0.3) is 10.9 Å². The van der Waals surface area contributed by atoms with Crippen molar-refractivity contribution < 1.29 is 24.1 Å². The summed E-state index contributed by atoms with van der Waals surface area (Å²) in [6.07, 6.45) is 3.29. The number of oxazole rings is 1. The van der Waals surface area contributed by atoms with E-state index >= 15 is 0 Å². The molecule has 7 aromatic rings. The van der Waals surface area contributed by atoms with Crippen LogP contribution < -0.4 is 20.3 Å². The van der Waals surface area contributed by atoms with Crippen LogP contribution in [0.5, 0.6) is 17.2 Å². The number of hydrogen-bond donors (Lipinski definition) is 4. The second kappa shape index (κ2) is 18.0. The molecular weight excluding hydrogens is 705 g/mol. The van der Waals surface area contributed by atoms with Gasteiger partial charge in [-0.15, -0.1) is 0 Å². The summed E-state index contributed by atoms with van der Waals surface area (Å²) in [5, 5.41) is 26.0.